The van der Waals surface area contributed by atoms with Gasteiger partial charge in [0.05, 0.1) is 50.1 Å². The number of alkyl halides is 30. The standard InChI is InChI=1S/3C25H10F9N2OS.C24H14F3N2OS.4Ir/c26-23(27,28)17-10-14(11-18(24(29,30)31)20(17)25(32,33)34)37-22-16-9-13-5-2-1-4-12(13)8-15(16)21(35-36-22)19-6-3-7-38-19;26-23(27,28)14-10-17(24(29,30)31)20(25(32,33)34)18(11-14)37-22-16-9-13-5-2-1-4-12(13)8-15(16)21(35-36-22)19-6-3-7-38-19;26-23(27,28)16-10-18(25(32,33)34)19(11-17(16)24(29,30)31)37-22-15-9-13-5-2-1-4-12(13)8-14(15)21(35-36-22)20-6-3-7-38-20;1-14-11-17(24(25,26)27)8-9-20(14)30-23-19-13-16-6-3-2-5-15(16)12-18(19)22(28-29-23)21-7-4-10-31-21;;;;/h3*1-5,7-11H;2-6,8-13H,1H3;;;;/q4*-1;;;;. The van der Waals surface area contributed by atoms with Gasteiger partial charge in [0.1, 0.15) is 28.6 Å². The van der Waals surface area contributed by atoms with Gasteiger partial charge in [0.25, 0.3) is 0 Å². The van der Waals surface area contributed by atoms with Crippen molar-refractivity contribution in [3.05, 3.63) is 331 Å². The van der Waals surface area contributed by atoms with Crippen LogP contribution >= 0.6 is 45.3 Å². The molecule has 0 aliphatic carbocycles. The number of aromatic nitrogens is 8. The average molecular weight is 2880 g/mol. The third-order valence-electron chi connectivity index (χ3n) is 21.6. The Hall–Kier alpha value is -12.5. The molecule has 20 aromatic rings. The van der Waals surface area contributed by atoms with Crippen molar-refractivity contribution in [2.24, 2.45) is 0 Å². The van der Waals surface area contributed by atoms with Gasteiger partial charge in [0.15, 0.2) is 0 Å². The number of aryl methyl sites for hydroxylation is 1. The minimum atomic E-state index is -5.95. The molecule has 4 radical (unpaired) electrons. The van der Waals surface area contributed by atoms with E-state index in [1.807, 2.05) is 47.8 Å². The number of halogens is 30. The zero-order valence-electron chi connectivity index (χ0n) is 72.7. The molecule has 0 amide bonds. The maximum absolute atomic E-state index is 13.8. The van der Waals surface area contributed by atoms with E-state index in [0.29, 0.717) is 80.4 Å². The van der Waals surface area contributed by atoms with Crippen LogP contribution in [0.25, 0.3) is 128 Å². The molecule has 0 aliphatic rings. The van der Waals surface area contributed by atoms with Crippen LogP contribution in [0.3, 0.4) is 0 Å². The monoisotopic (exact) mass is 2880 g/mol. The summed E-state index contributed by atoms with van der Waals surface area (Å²) in [6.07, 6.45) is -55.6. The molecule has 20 rings (SSSR count). The fraction of sp³-hybridized carbons (Fsp3) is 0.111. The predicted octanol–water partition coefficient (Wildman–Crippen LogP) is 34.9. The van der Waals surface area contributed by atoms with Crippen molar-refractivity contribution in [1.29, 1.82) is 0 Å². The summed E-state index contributed by atoms with van der Waals surface area (Å²) in [5, 5.41) is 47.9. The average Bonchev–Trinajstić information content (AvgIpc) is 0.919. The Morgan fingerprint density at radius 2 is 0.490 bits per heavy atom. The van der Waals surface area contributed by atoms with Crippen molar-refractivity contribution in [1.82, 2.24) is 40.8 Å². The number of rotatable bonds is 12. The topological polar surface area (TPSA) is 140 Å². The molecule has 0 atom stereocenters. The van der Waals surface area contributed by atoms with Crippen molar-refractivity contribution in [2.45, 2.75) is 68.7 Å². The first-order chi connectivity index (χ1) is 68.1. The van der Waals surface area contributed by atoms with Gasteiger partial charge >= 0.3 is 61.8 Å². The van der Waals surface area contributed by atoms with Crippen LogP contribution in [0.1, 0.15) is 61.2 Å². The Labute approximate surface area is 885 Å². The molecule has 0 N–H and O–H groups in total. The second-order valence-electron chi connectivity index (χ2n) is 31.0. The van der Waals surface area contributed by atoms with Crippen LogP contribution in [0.15, 0.2) is 246 Å². The van der Waals surface area contributed by atoms with Gasteiger partial charge in [-0.25, -0.2) is 65.7 Å². The van der Waals surface area contributed by atoms with Crippen molar-refractivity contribution in [3.63, 3.8) is 0 Å². The zero-order valence-corrected chi connectivity index (χ0v) is 85.5. The summed E-state index contributed by atoms with van der Waals surface area (Å²) in [6, 6.07) is 62.0. The summed E-state index contributed by atoms with van der Waals surface area (Å²) in [5.74, 6) is -5.63. The summed E-state index contributed by atoms with van der Waals surface area (Å²) < 4.78 is 426. The molecular formula is C99H44F30Ir4N8O4S4-4. The summed E-state index contributed by atoms with van der Waals surface area (Å²) in [6.45, 7) is 1.57. The van der Waals surface area contributed by atoms with Crippen molar-refractivity contribution in [2.75, 3.05) is 0 Å². The van der Waals surface area contributed by atoms with E-state index in [2.05, 4.69) is 65.1 Å². The summed E-state index contributed by atoms with van der Waals surface area (Å²) in [4.78, 5) is 2.43. The van der Waals surface area contributed by atoms with Crippen LogP contribution in [-0.4, -0.2) is 40.8 Å². The molecule has 0 saturated heterocycles. The number of thiophene rings is 4. The van der Waals surface area contributed by atoms with E-state index in [-0.39, 0.29) is 138 Å². The minimum absolute atomic E-state index is 0. The summed E-state index contributed by atoms with van der Waals surface area (Å²) in [5.41, 5.74) is -20.5. The second-order valence-corrected chi connectivity index (χ2v) is 34.7. The number of hydrogen-bond donors (Lipinski definition) is 0. The van der Waals surface area contributed by atoms with Gasteiger partial charge < -0.3 is 18.9 Å². The maximum atomic E-state index is 13.8. The SMILES string of the molecule is Cc1cc(C(F)(F)F)ccc1Oc1nnc(-c2[c-]ccs2)c2cc3ccccc3cc12.FC(F)(F)c1cc(C(F)(F)F)c(C(F)(F)F)cc1Oc1nnc(-c2[c-]ccs2)c2cc3ccccc3cc12.FC(F)(F)c1cc(Oc2nnc(-c3[c-]ccs3)c3cc4ccccc4cc23)c(C(F)(F)F)c(C(F)(F)F)c1.FC(F)(F)c1cc(Oc2nnc(-c3[c-]ccs3)c3cc4ccccc4cc23)cc(C(F)(F)F)c1C(F)(F)F.[Ir].[Ir].[Ir].[Ir]. The molecule has 0 fully saturated rings. The Morgan fingerprint density at radius 3 is 0.758 bits per heavy atom. The molecule has 778 valence electrons. The van der Waals surface area contributed by atoms with Gasteiger partial charge in [0.2, 0.25) is 23.5 Å². The van der Waals surface area contributed by atoms with Crippen LogP contribution in [0.2, 0.25) is 0 Å². The Balaban J connectivity index is 0.000000165. The van der Waals surface area contributed by atoms with Gasteiger partial charge in [-0.3, -0.25) is 0 Å². The van der Waals surface area contributed by atoms with Crippen LogP contribution in [0.5, 0.6) is 46.5 Å². The smallest absolute Gasteiger partial charge is 0.420 e. The predicted molar refractivity (Wildman–Crippen MR) is 478 cm³/mol. The first-order valence-corrected chi connectivity index (χ1v) is 44.3. The minimum Gasteiger partial charge on any atom is -0.437 e. The molecule has 149 heavy (non-hydrogen) atoms. The van der Waals surface area contributed by atoms with Crippen LogP contribution in [0.4, 0.5) is 132 Å². The molecule has 0 unspecified atom stereocenters. The summed E-state index contributed by atoms with van der Waals surface area (Å²) >= 11 is 5.24. The van der Waals surface area contributed by atoms with Crippen LogP contribution in [-0.2, 0) is 142 Å². The molecule has 0 aliphatic heterocycles. The molecule has 8 aromatic heterocycles. The van der Waals surface area contributed by atoms with Crippen LogP contribution in [0, 0.1) is 31.2 Å². The number of nitrogens with zero attached hydrogens (tertiary/aromatic N) is 8. The zero-order chi connectivity index (χ0) is 104. The van der Waals surface area contributed by atoms with Crippen molar-refractivity contribution < 1.29 is 231 Å². The molecule has 50 heteroatoms. The largest absolute Gasteiger partial charge is 0.437 e. The van der Waals surface area contributed by atoms with Crippen molar-refractivity contribution >= 4 is 132 Å². The van der Waals surface area contributed by atoms with Gasteiger partial charge in [-0.15, -0.1) is 41.9 Å². The number of hydrogen-bond acceptors (Lipinski definition) is 16. The normalized spacial score (nSPS) is 12.3. The van der Waals surface area contributed by atoms with E-state index in [0.717, 1.165) is 43.9 Å². The van der Waals surface area contributed by atoms with Gasteiger partial charge in [0, 0.05) is 125 Å². The van der Waals surface area contributed by atoms with Gasteiger partial charge in [-0.1, -0.05) is 141 Å². The van der Waals surface area contributed by atoms with E-state index in [1.54, 1.807) is 138 Å². The van der Waals surface area contributed by atoms with Crippen LogP contribution < -0.4 is 18.9 Å². The van der Waals surface area contributed by atoms with Crippen molar-refractivity contribution in [3.8, 4) is 88.8 Å². The van der Waals surface area contributed by atoms with E-state index < -0.39 is 164 Å². The first kappa shape index (κ1) is 114. The molecule has 0 spiro atoms. The molecular weight excluding hydrogens is 2830 g/mol. The Kier molecular flexibility index (Phi) is 33.2. The fourth-order valence-corrected chi connectivity index (χ4v) is 17.9. The molecule has 12 aromatic carbocycles. The van der Waals surface area contributed by atoms with E-state index in [4.69, 9.17) is 18.9 Å². The quantitative estimate of drug-likeness (QED) is 0.0653. The third-order valence-corrected chi connectivity index (χ3v) is 24.9. The number of ether oxygens (including phenoxy) is 4. The third kappa shape index (κ3) is 24.7. The second kappa shape index (κ2) is 43.5. The molecule has 0 bridgehead atoms. The fourth-order valence-electron chi connectivity index (χ4n) is 15.2. The van der Waals surface area contributed by atoms with E-state index in [1.165, 1.54) is 63.5 Å². The Bertz CT molecular complexity index is 8290. The van der Waals surface area contributed by atoms with E-state index >= 15 is 0 Å². The number of benzene rings is 12. The maximum Gasteiger partial charge on any atom is 0.420 e. The Morgan fingerprint density at radius 1 is 0.221 bits per heavy atom. The van der Waals surface area contributed by atoms with Gasteiger partial charge in [-0.2, -0.15) is 180 Å². The molecule has 0 saturated carbocycles. The number of fused-ring (bicyclic) bond motifs is 8. The summed E-state index contributed by atoms with van der Waals surface area (Å²) in [7, 11) is 0. The van der Waals surface area contributed by atoms with E-state index in [9.17, 15) is 132 Å². The molecule has 8 heterocycles. The first-order valence-electron chi connectivity index (χ1n) is 40.8. The molecule has 12 nitrogen and oxygen atoms in total. The van der Waals surface area contributed by atoms with Gasteiger partial charge in [-0.05, 0) is 156 Å².